The summed E-state index contributed by atoms with van der Waals surface area (Å²) in [6, 6.07) is 0. The van der Waals surface area contributed by atoms with E-state index in [1.165, 1.54) is 167 Å². The number of aliphatic hydroxyl groups excluding tert-OH is 4. The lowest BCUT2D eigenvalue weighted by Crippen LogP contribution is -2.21. The zero-order valence-corrected chi connectivity index (χ0v) is 34.5. The van der Waals surface area contributed by atoms with Gasteiger partial charge in [-0.1, -0.05) is 181 Å². The number of carbonyl (C=O) groups is 2. The van der Waals surface area contributed by atoms with Gasteiger partial charge in [0.25, 0.3) is 0 Å². The summed E-state index contributed by atoms with van der Waals surface area (Å²) in [5.74, 6) is -0.310. The summed E-state index contributed by atoms with van der Waals surface area (Å²) >= 11 is 0. The van der Waals surface area contributed by atoms with Crippen LogP contribution in [-0.4, -0.2) is 70.5 Å². The van der Waals surface area contributed by atoms with Crippen LogP contribution in [0.25, 0.3) is 0 Å². The number of hydrogen-bond acceptors (Lipinski definition) is 8. The Bertz CT molecular complexity index is 670. The van der Waals surface area contributed by atoms with E-state index in [1.54, 1.807) is 0 Å². The third-order valence-corrected chi connectivity index (χ3v) is 8.75. The van der Waals surface area contributed by atoms with E-state index in [2.05, 4.69) is 13.8 Å². The van der Waals surface area contributed by atoms with Crippen molar-refractivity contribution in [3.63, 3.8) is 0 Å². The van der Waals surface area contributed by atoms with Gasteiger partial charge < -0.3 is 29.9 Å². The molecule has 0 aromatic rings. The quantitative estimate of drug-likeness (QED) is 0.0374. The van der Waals surface area contributed by atoms with Crippen LogP contribution in [0.2, 0.25) is 0 Å². The molecule has 4 N–H and O–H groups in total. The first-order chi connectivity index (χ1) is 24.6. The largest absolute Gasteiger partial charge is 0.463 e. The summed E-state index contributed by atoms with van der Waals surface area (Å²) in [5, 5.41) is 33.7. The van der Waals surface area contributed by atoms with Gasteiger partial charge in [-0.25, -0.2) is 0 Å². The minimum atomic E-state index is -0.954. The van der Waals surface area contributed by atoms with Crippen molar-refractivity contribution in [3.8, 4) is 0 Å². The van der Waals surface area contributed by atoms with Crippen molar-refractivity contribution < 1.29 is 39.5 Å². The molecule has 0 aromatic carbocycles. The number of hydrogen-bond donors (Lipinski definition) is 4. The normalized spacial score (nSPS) is 12.0. The lowest BCUT2D eigenvalue weighted by molar-refractivity contribution is -0.148. The van der Waals surface area contributed by atoms with Crippen LogP contribution < -0.4 is 0 Å². The number of carbonyl (C=O) groups excluding carboxylic acids is 2. The number of rotatable bonds is 35. The Morgan fingerprint density at radius 1 is 0.451 bits per heavy atom. The molecule has 8 nitrogen and oxygen atoms in total. The summed E-state index contributed by atoms with van der Waals surface area (Å²) in [5.41, 5.74) is 0. The molecule has 8 heteroatoms. The fourth-order valence-electron chi connectivity index (χ4n) is 5.56. The van der Waals surface area contributed by atoms with Crippen molar-refractivity contribution in [2.45, 2.75) is 246 Å². The van der Waals surface area contributed by atoms with Gasteiger partial charge in [0, 0.05) is 12.8 Å². The highest BCUT2D eigenvalue weighted by Crippen LogP contribution is 2.15. The standard InChI is InChI=1S/C21H42O4.C19H38O2.C3H8O2/c1-2-3-4-5-6-7-8-9-10-11-12-13-14-15-16-17-21(24)25-19-20(23)18-22;1-4-5-6-7-8-9-10-11-12-13-14-15-16-17-19(20)21-18(2)3;1-3(5)2-4/h20,22-23H,2-19H2,1H3;18H,4-17H2,1-3H3;3-5H,2H2,1H3. The van der Waals surface area contributed by atoms with Gasteiger partial charge in [-0.2, -0.15) is 0 Å². The second kappa shape index (κ2) is 46.8. The molecule has 0 bridgehead atoms. The molecule has 0 spiro atoms. The molecule has 308 valence electrons. The van der Waals surface area contributed by atoms with Crippen LogP contribution in [0, 0.1) is 0 Å². The Kier molecular flexibility index (Phi) is 49.7. The number of ether oxygens (including phenoxy) is 2. The molecule has 0 heterocycles. The van der Waals surface area contributed by atoms with Crippen LogP contribution in [0.1, 0.15) is 227 Å². The Balaban J connectivity index is -0.000000805. The van der Waals surface area contributed by atoms with E-state index < -0.39 is 12.2 Å². The fraction of sp³-hybridized carbons (Fsp3) is 0.953. The SMILES string of the molecule is CC(O)CO.CCCCCCCCCCCCCCCC(=O)OC(C)C.CCCCCCCCCCCCCCCCCC(=O)OCC(O)CO. The predicted molar refractivity (Wildman–Crippen MR) is 214 cm³/mol. The maximum Gasteiger partial charge on any atom is 0.306 e. The van der Waals surface area contributed by atoms with Crippen LogP contribution in [-0.2, 0) is 19.1 Å². The third-order valence-electron chi connectivity index (χ3n) is 8.75. The number of unbranched alkanes of at least 4 members (excludes halogenated alkanes) is 26. The smallest absolute Gasteiger partial charge is 0.306 e. The second-order valence-corrected chi connectivity index (χ2v) is 14.8. The van der Waals surface area contributed by atoms with Crippen molar-refractivity contribution >= 4 is 11.9 Å². The van der Waals surface area contributed by atoms with Crippen LogP contribution in [0.3, 0.4) is 0 Å². The molecule has 0 aliphatic heterocycles. The molecule has 0 rings (SSSR count). The van der Waals surface area contributed by atoms with E-state index in [-0.39, 0.29) is 37.9 Å². The van der Waals surface area contributed by atoms with Crippen LogP contribution in [0.5, 0.6) is 0 Å². The van der Waals surface area contributed by atoms with E-state index in [0.717, 1.165) is 19.3 Å². The van der Waals surface area contributed by atoms with Crippen LogP contribution in [0.15, 0.2) is 0 Å². The molecular formula is C43H88O8. The van der Waals surface area contributed by atoms with Crippen LogP contribution in [0.4, 0.5) is 0 Å². The maximum atomic E-state index is 11.4. The van der Waals surface area contributed by atoms with E-state index in [4.69, 9.17) is 29.9 Å². The van der Waals surface area contributed by atoms with Gasteiger partial charge in [0.1, 0.15) is 12.7 Å². The highest BCUT2D eigenvalue weighted by Gasteiger charge is 2.07. The first-order valence-electron chi connectivity index (χ1n) is 21.6. The van der Waals surface area contributed by atoms with E-state index in [9.17, 15) is 9.59 Å². The number of aliphatic hydroxyl groups is 4. The van der Waals surface area contributed by atoms with E-state index in [0.29, 0.717) is 12.8 Å². The molecule has 0 saturated carbocycles. The number of esters is 2. The Hall–Kier alpha value is -1.22. The van der Waals surface area contributed by atoms with Gasteiger partial charge >= 0.3 is 11.9 Å². The molecule has 0 amide bonds. The topological polar surface area (TPSA) is 134 Å². The molecule has 2 unspecified atom stereocenters. The average molecular weight is 733 g/mol. The monoisotopic (exact) mass is 733 g/mol. The summed E-state index contributed by atoms with van der Waals surface area (Å²) in [6.45, 7) is 9.26. The van der Waals surface area contributed by atoms with Gasteiger partial charge in [0.15, 0.2) is 0 Å². The summed E-state index contributed by atoms with van der Waals surface area (Å²) in [7, 11) is 0. The Morgan fingerprint density at radius 2 is 0.725 bits per heavy atom. The zero-order chi connectivity index (χ0) is 38.6. The molecule has 0 aliphatic carbocycles. The van der Waals surface area contributed by atoms with E-state index >= 15 is 0 Å². The summed E-state index contributed by atoms with van der Waals surface area (Å²) in [6.07, 6.45) is 36.5. The first-order valence-corrected chi connectivity index (χ1v) is 21.6. The lowest BCUT2D eigenvalue weighted by Gasteiger charge is -2.08. The molecule has 0 aromatic heterocycles. The van der Waals surface area contributed by atoms with Crippen molar-refractivity contribution in [3.05, 3.63) is 0 Å². The minimum Gasteiger partial charge on any atom is -0.463 e. The lowest BCUT2D eigenvalue weighted by atomic mass is 10.0. The first kappa shape index (κ1) is 54.1. The Labute approximate surface area is 316 Å². The van der Waals surface area contributed by atoms with Crippen molar-refractivity contribution in [1.82, 2.24) is 0 Å². The van der Waals surface area contributed by atoms with Crippen molar-refractivity contribution in [2.24, 2.45) is 0 Å². The van der Waals surface area contributed by atoms with Crippen molar-refractivity contribution in [2.75, 3.05) is 19.8 Å². The van der Waals surface area contributed by atoms with Crippen LogP contribution >= 0.6 is 0 Å². The van der Waals surface area contributed by atoms with Gasteiger partial charge in [-0.15, -0.1) is 0 Å². The van der Waals surface area contributed by atoms with Crippen molar-refractivity contribution in [1.29, 1.82) is 0 Å². The predicted octanol–water partition coefficient (Wildman–Crippen LogP) is 10.9. The molecule has 51 heavy (non-hydrogen) atoms. The highest BCUT2D eigenvalue weighted by atomic mass is 16.5. The fourth-order valence-corrected chi connectivity index (χ4v) is 5.56. The molecule has 2 atom stereocenters. The Morgan fingerprint density at radius 3 is 0.980 bits per heavy atom. The van der Waals surface area contributed by atoms with Gasteiger partial charge in [-0.05, 0) is 33.6 Å². The molecule has 0 saturated heterocycles. The second-order valence-electron chi connectivity index (χ2n) is 14.8. The third kappa shape index (κ3) is 55.7. The zero-order valence-electron chi connectivity index (χ0n) is 34.5. The van der Waals surface area contributed by atoms with Gasteiger partial charge in [0.05, 0.1) is 25.4 Å². The molecule has 0 radical (unpaired) electrons. The summed E-state index contributed by atoms with van der Waals surface area (Å²) < 4.78 is 9.98. The summed E-state index contributed by atoms with van der Waals surface area (Å²) in [4.78, 5) is 22.7. The highest BCUT2D eigenvalue weighted by molar-refractivity contribution is 5.69. The maximum absolute atomic E-state index is 11.4. The average Bonchev–Trinajstić information content (AvgIpc) is 3.11. The van der Waals surface area contributed by atoms with Gasteiger partial charge in [-0.3, -0.25) is 9.59 Å². The minimum absolute atomic E-state index is 0.0273. The molecule has 0 fully saturated rings. The molecular weight excluding hydrogens is 644 g/mol. The van der Waals surface area contributed by atoms with E-state index in [1.807, 2.05) is 13.8 Å². The van der Waals surface area contributed by atoms with Gasteiger partial charge in [0.2, 0.25) is 0 Å². The molecule has 0 aliphatic rings.